The second-order valence-corrected chi connectivity index (χ2v) is 7.80. The van der Waals surface area contributed by atoms with Crippen molar-refractivity contribution in [2.45, 2.75) is 12.8 Å². The van der Waals surface area contributed by atoms with Crippen LogP contribution in [0.5, 0.6) is 5.75 Å². The van der Waals surface area contributed by atoms with Crippen LogP contribution in [0.3, 0.4) is 0 Å². The molecule has 0 bridgehead atoms. The van der Waals surface area contributed by atoms with Gasteiger partial charge in [-0.25, -0.2) is 10.2 Å². The minimum atomic E-state index is -0.651. The third kappa shape index (κ3) is 7.74. The third-order valence-corrected chi connectivity index (χ3v) is 5.12. The van der Waals surface area contributed by atoms with Crippen molar-refractivity contribution in [1.29, 1.82) is 0 Å². The number of hydrogen-bond acceptors (Lipinski definition) is 7. The summed E-state index contributed by atoms with van der Waals surface area (Å²) in [6, 6.07) is 18.2. The van der Waals surface area contributed by atoms with Crippen LogP contribution in [0.15, 0.2) is 77.9 Å². The maximum absolute atomic E-state index is 12.2. The fraction of sp³-hybridized carbons (Fsp3) is 0.120. The molecule has 184 valence electrons. The Morgan fingerprint density at radius 2 is 1.69 bits per heavy atom. The molecule has 0 aliphatic rings. The number of nitro groups is 1. The molecule has 0 aliphatic carbocycles. The van der Waals surface area contributed by atoms with Crippen molar-refractivity contribution in [3.05, 3.63) is 105 Å². The van der Waals surface area contributed by atoms with Gasteiger partial charge < -0.3 is 10.1 Å². The Kier molecular flexibility index (Phi) is 9.24. The zero-order valence-corrected chi connectivity index (χ0v) is 19.6. The van der Waals surface area contributed by atoms with Crippen LogP contribution in [0.1, 0.15) is 39.1 Å². The number of rotatable bonds is 10. The zero-order valence-electron chi connectivity index (χ0n) is 18.8. The van der Waals surface area contributed by atoms with E-state index in [9.17, 15) is 24.5 Å². The number of nitro benzene ring substituents is 1. The molecular weight excluding hydrogens is 488 g/mol. The van der Waals surface area contributed by atoms with Crippen LogP contribution < -0.4 is 15.5 Å². The number of hydrogen-bond donors (Lipinski definition) is 2. The first-order chi connectivity index (χ1) is 17.3. The highest BCUT2D eigenvalue weighted by Crippen LogP contribution is 2.17. The summed E-state index contributed by atoms with van der Waals surface area (Å²) in [6.07, 6.45) is 2.02. The number of nitrogens with zero attached hydrogens (tertiary/aromatic N) is 2. The fourth-order valence-corrected chi connectivity index (χ4v) is 3.15. The van der Waals surface area contributed by atoms with Crippen LogP contribution in [-0.4, -0.2) is 35.5 Å². The molecule has 0 heterocycles. The molecule has 0 radical (unpaired) electrons. The number of carbonyl (C=O) groups is 3. The molecule has 2 N–H and O–H groups in total. The topological polar surface area (TPSA) is 140 Å². The minimum Gasteiger partial charge on any atom is -0.423 e. The van der Waals surface area contributed by atoms with Crippen molar-refractivity contribution in [3.8, 4) is 5.75 Å². The molecule has 3 rings (SSSR count). The lowest BCUT2D eigenvalue weighted by Gasteiger charge is -2.06. The number of non-ortho nitro benzene ring substituents is 1. The average molecular weight is 509 g/mol. The Hall–Kier alpha value is -4.57. The van der Waals surface area contributed by atoms with Gasteiger partial charge in [-0.2, -0.15) is 5.10 Å². The van der Waals surface area contributed by atoms with E-state index < -0.39 is 10.9 Å². The molecule has 3 aromatic carbocycles. The van der Waals surface area contributed by atoms with Crippen LogP contribution in [0, 0.1) is 10.1 Å². The van der Waals surface area contributed by atoms with Crippen molar-refractivity contribution >= 4 is 41.3 Å². The smallest absolute Gasteiger partial charge is 0.343 e. The molecule has 0 saturated heterocycles. The van der Waals surface area contributed by atoms with Gasteiger partial charge >= 0.3 is 5.97 Å². The lowest BCUT2D eigenvalue weighted by atomic mass is 10.2. The highest BCUT2D eigenvalue weighted by atomic mass is 35.5. The highest BCUT2D eigenvalue weighted by molar-refractivity contribution is 6.33. The van der Waals surface area contributed by atoms with E-state index in [1.807, 2.05) is 0 Å². The van der Waals surface area contributed by atoms with Crippen LogP contribution in [0.25, 0.3) is 0 Å². The third-order valence-electron chi connectivity index (χ3n) is 4.79. The van der Waals surface area contributed by atoms with Crippen molar-refractivity contribution in [3.63, 3.8) is 0 Å². The summed E-state index contributed by atoms with van der Waals surface area (Å²) in [4.78, 5) is 46.3. The van der Waals surface area contributed by atoms with Crippen LogP contribution in [0.2, 0.25) is 5.02 Å². The summed E-state index contributed by atoms with van der Waals surface area (Å²) in [5.74, 6) is -0.993. The van der Waals surface area contributed by atoms with Gasteiger partial charge in [-0.3, -0.25) is 19.7 Å². The maximum atomic E-state index is 12.2. The largest absolute Gasteiger partial charge is 0.423 e. The van der Waals surface area contributed by atoms with E-state index in [1.54, 1.807) is 48.5 Å². The van der Waals surface area contributed by atoms with E-state index in [0.717, 1.165) is 0 Å². The Morgan fingerprint density at radius 3 is 2.36 bits per heavy atom. The summed E-state index contributed by atoms with van der Waals surface area (Å²) < 4.78 is 5.24. The van der Waals surface area contributed by atoms with E-state index in [1.165, 1.54) is 30.5 Å². The first-order valence-corrected chi connectivity index (χ1v) is 11.1. The van der Waals surface area contributed by atoms with Crippen molar-refractivity contribution < 1.29 is 24.0 Å². The van der Waals surface area contributed by atoms with Gasteiger partial charge in [-0.15, -0.1) is 0 Å². The first-order valence-electron chi connectivity index (χ1n) is 10.7. The molecule has 0 saturated carbocycles. The number of hydrazone groups is 1. The van der Waals surface area contributed by atoms with Gasteiger partial charge in [0.25, 0.3) is 11.6 Å². The lowest BCUT2D eigenvalue weighted by Crippen LogP contribution is -2.26. The van der Waals surface area contributed by atoms with Crippen LogP contribution in [-0.2, 0) is 4.79 Å². The summed E-state index contributed by atoms with van der Waals surface area (Å²) in [7, 11) is 0. The van der Waals surface area contributed by atoms with Crippen LogP contribution >= 0.6 is 11.6 Å². The van der Waals surface area contributed by atoms with Crippen molar-refractivity contribution in [2.75, 3.05) is 6.54 Å². The van der Waals surface area contributed by atoms with E-state index >= 15 is 0 Å². The number of amides is 2. The Bertz CT molecular complexity index is 1280. The number of carbonyl (C=O) groups excluding carboxylic acids is 3. The van der Waals surface area contributed by atoms with Gasteiger partial charge in [0.1, 0.15) is 5.75 Å². The number of benzene rings is 3. The van der Waals surface area contributed by atoms with E-state index in [2.05, 4.69) is 15.8 Å². The van der Waals surface area contributed by atoms with Gasteiger partial charge in [-0.1, -0.05) is 23.7 Å². The molecule has 0 fully saturated rings. The second kappa shape index (κ2) is 12.8. The van der Waals surface area contributed by atoms with Crippen molar-refractivity contribution in [2.24, 2.45) is 5.10 Å². The predicted molar refractivity (Wildman–Crippen MR) is 133 cm³/mol. The zero-order chi connectivity index (χ0) is 25.9. The Balaban J connectivity index is 1.38. The van der Waals surface area contributed by atoms with Gasteiger partial charge in [0.15, 0.2) is 0 Å². The van der Waals surface area contributed by atoms with E-state index in [0.29, 0.717) is 29.1 Å². The molecule has 36 heavy (non-hydrogen) atoms. The minimum absolute atomic E-state index is 0.123. The molecule has 0 atom stereocenters. The monoisotopic (exact) mass is 508 g/mol. The standard InChI is InChI=1S/C25H21ClN4O6/c26-22-5-2-1-4-21(22)24(32)27-15-3-6-23(31)29-28-16-17-7-13-20(14-8-17)36-25(33)18-9-11-19(12-10-18)30(34)35/h1-2,4-5,7-14,16H,3,6,15H2,(H,27,32)(H,29,31). The molecule has 3 aromatic rings. The summed E-state index contributed by atoms with van der Waals surface area (Å²) in [5.41, 5.74) is 3.49. The van der Waals surface area contributed by atoms with Crippen LogP contribution in [0.4, 0.5) is 5.69 Å². The summed E-state index contributed by atoms with van der Waals surface area (Å²) >= 11 is 5.98. The molecular formula is C25H21ClN4O6. The van der Waals surface area contributed by atoms with E-state index in [-0.39, 0.29) is 35.2 Å². The molecule has 0 spiro atoms. The molecule has 11 heteroatoms. The number of esters is 1. The normalized spacial score (nSPS) is 10.6. The maximum Gasteiger partial charge on any atom is 0.343 e. The molecule has 2 amide bonds. The Labute approximate surface area is 211 Å². The first kappa shape index (κ1) is 26.0. The predicted octanol–water partition coefficient (Wildman–Crippen LogP) is 4.13. The highest BCUT2D eigenvalue weighted by Gasteiger charge is 2.12. The number of halogens is 1. The van der Waals surface area contributed by atoms with Gasteiger partial charge in [0.05, 0.1) is 27.3 Å². The summed E-state index contributed by atoms with van der Waals surface area (Å²) in [5, 5.41) is 17.6. The van der Waals surface area contributed by atoms with Crippen molar-refractivity contribution in [1.82, 2.24) is 10.7 Å². The molecule has 0 unspecified atom stereocenters. The molecule has 0 aromatic heterocycles. The Morgan fingerprint density at radius 1 is 1.00 bits per heavy atom. The average Bonchev–Trinajstić information content (AvgIpc) is 2.88. The number of ether oxygens (including phenoxy) is 1. The van der Waals surface area contributed by atoms with Gasteiger partial charge in [-0.05, 0) is 60.5 Å². The fourth-order valence-electron chi connectivity index (χ4n) is 2.93. The SMILES string of the molecule is O=C(CCCNC(=O)c1ccccc1Cl)NN=Cc1ccc(OC(=O)c2ccc([N+](=O)[O-])cc2)cc1. The lowest BCUT2D eigenvalue weighted by molar-refractivity contribution is -0.384. The van der Waals surface area contributed by atoms with Gasteiger partial charge in [0, 0.05) is 25.1 Å². The quantitative estimate of drug-likeness (QED) is 0.105. The second-order valence-electron chi connectivity index (χ2n) is 7.40. The molecule has 10 nitrogen and oxygen atoms in total. The summed E-state index contributed by atoms with van der Waals surface area (Å²) in [6.45, 7) is 0.307. The molecule has 0 aliphatic heterocycles. The number of nitrogens with one attached hydrogen (secondary N) is 2. The van der Waals surface area contributed by atoms with Gasteiger partial charge in [0.2, 0.25) is 5.91 Å². The van der Waals surface area contributed by atoms with E-state index in [4.69, 9.17) is 16.3 Å².